The lowest BCUT2D eigenvalue weighted by molar-refractivity contribution is -0.137. The van der Waals surface area contributed by atoms with E-state index in [-0.39, 0.29) is 18.5 Å². The number of carbonyl (C=O) groups excluding carboxylic acids is 1. The molecule has 1 atom stereocenters. The second kappa shape index (κ2) is 6.92. The molecular weight excluding hydrogens is 258 g/mol. The number of hydrogen-bond donors (Lipinski definition) is 2. The first-order chi connectivity index (χ1) is 9.21. The van der Waals surface area contributed by atoms with Crippen molar-refractivity contribution in [3.8, 4) is 0 Å². The number of carboxylic acids is 1. The number of carbonyl (C=O) groups is 2. The average molecular weight is 285 g/mol. The molecule has 6 heteroatoms. The fourth-order valence-electron chi connectivity index (χ4n) is 2.56. The maximum Gasteiger partial charge on any atom is 0.318 e. The Bertz CT molecular complexity index is 356. The van der Waals surface area contributed by atoms with Gasteiger partial charge in [0.05, 0.1) is 0 Å². The Morgan fingerprint density at radius 1 is 1.40 bits per heavy atom. The van der Waals surface area contributed by atoms with Crippen LogP contribution in [0.15, 0.2) is 0 Å². The Morgan fingerprint density at radius 3 is 2.60 bits per heavy atom. The molecule has 0 radical (unpaired) electrons. The molecule has 20 heavy (non-hydrogen) atoms. The van der Waals surface area contributed by atoms with Crippen molar-refractivity contribution in [2.75, 3.05) is 27.2 Å². The maximum atomic E-state index is 12.3. The number of amides is 2. The van der Waals surface area contributed by atoms with Gasteiger partial charge in [-0.1, -0.05) is 0 Å². The molecule has 1 heterocycles. The normalized spacial score (nSPS) is 19.4. The van der Waals surface area contributed by atoms with Crippen LogP contribution in [0.2, 0.25) is 0 Å². The van der Waals surface area contributed by atoms with Crippen molar-refractivity contribution in [2.24, 2.45) is 0 Å². The third-order valence-corrected chi connectivity index (χ3v) is 3.62. The van der Waals surface area contributed by atoms with Crippen molar-refractivity contribution in [1.82, 2.24) is 15.1 Å². The summed E-state index contributed by atoms with van der Waals surface area (Å²) in [7, 11) is 4.01. The summed E-state index contributed by atoms with van der Waals surface area (Å²) in [5.74, 6) is -0.834. The summed E-state index contributed by atoms with van der Waals surface area (Å²) < 4.78 is 0. The van der Waals surface area contributed by atoms with Crippen molar-refractivity contribution in [1.29, 1.82) is 0 Å². The monoisotopic (exact) mass is 285 g/mol. The fraction of sp³-hybridized carbons (Fsp3) is 0.857. The molecule has 0 aromatic carbocycles. The van der Waals surface area contributed by atoms with Gasteiger partial charge in [0.15, 0.2) is 0 Å². The zero-order valence-corrected chi connectivity index (χ0v) is 13.0. The molecule has 1 aliphatic heterocycles. The lowest BCUT2D eigenvalue weighted by Crippen LogP contribution is -2.53. The summed E-state index contributed by atoms with van der Waals surface area (Å²) in [5, 5.41) is 11.7. The Kier molecular flexibility index (Phi) is 5.80. The Balaban J connectivity index is 2.54. The molecular formula is C14H27N3O3. The lowest BCUT2D eigenvalue weighted by atomic mass is 9.99. The van der Waals surface area contributed by atoms with Gasteiger partial charge in [-0.15, -0.1) is 0 Å². The Labute approximate surface area is 121 Å². The van der Waals surface area contributed by atoms with E-state index in [0.29, 0.717) is 6.42 Å². The summed E-state index contributed by atoms with van der Waals surface area (Å²) in [6.45, 7) is 5.37. The quantitative estimate of drug-likeness (QED) is 0.773. The molecule has 116 valence electrons. The van der Waals surface area contributed by atoms with Crippen molar-refractivity contribution in [3.05, 3.63) is 0 Å². The predicted molar refractivity (Wildman–Crippen MR) is 77.8 cm³/mol. The minimum absolute atomic E-state index is 0.0639. The highest BCUT2D eigenvalue weighted by molar-refractivity contribution is 5.76. The van der Waals surface area contributed by atoms with Gasteiger partial charge in [0.1, 0.15) is 0 Å². The highest BCUT2D eigenvalue weighted by Gasteiger charge is 2.32. The summed E-state index contributed by atoms with van der Waals surface area (Å²) >= 11 is 0. The number of nitrogens with one attached hydrogen (secondary N) is 1. The van der Waals surface area contributed by atoms with E-state index < -0.39 is 11.5 Å². The SMILES string of the molecule is CN(C)CC1CCCN1C(=O)NC(C)(C)CCC(=O)O. The standard InChI is InChI=1S/C14H27N3O3/c1-14(2,8-7-12(18)19)15-13(20)17-9-5-6-11(17)10-16(3)4/h11H,5-10H2,1-4H3,(H,15,20)(H,18,19). The third-order valence-electron chi connectivity index (χ3n) is 3.62. The Hall–Kier alpha value is -1.30. The van der Waals surface area contributed by atoms with E-state index in [4.69, 9.17) is 5.11 Å². The molecule has 0 bridgehead atoms. The molecule has 6 nitrogen and oxygen atoms in total. The van der Waals surface area contributed by atoms with E-state index in [1.54, 1.807) is 0 Å². The van der Waals surface area contributed by atoms with Crippen LogP contribution in [0.1, 0.15) is 39.5 Å². The van der Waals surface area contributed by atoms with E-state index in [2.05, 4.69) is 10.2 Å². The molecule has 0 aromatic rings. The van der Waals surface area contributed by atoms with Crippen LogP contribution in [0.3, 0.4) is 0 Å². The number of carboxylic acid groups (broad SMARTS) is 1. The van der Waals surface area contributed by atoms with Gasteiger partial charge in [-0.2, -0.15) is 0 Å². The number of nitrogens with zero attached hydrogens (tertiary/aromatic N) is 2. The zero-order chi connectivity index (χ0) is 15.3. The highest BCUT2D eigenvalue weighted by atomic mass is 16.4. The van der Waals surface area contributed by atoms with Crippen LogP contribution in [0.25, 0.3) is 0 Å². The molecule has 1 unspecified atom stereocenters. The molecule has 0 spiro atoms. The van der Waals surface area contributed by atoms with Crippen LogP contribution < -0.4 is 5.32 Å². The third kappa shape index (κ3) is 5.36. The van der Waals surface area contributed by atoms with Crippen LogP contribution in [0.5, 0.6) is 0 Å². The van der Waals surface area contributed by atoms with E-state index >= 15 is 0 Å². The number of likely N-dealkylation sites (N-methyl/N-ethyl adjacent to an activating group) is 1. The van der Waals surface area contributed by atoms with Gasteiger partial charge in [-0.3, -0.25) is 4.79 Å². The number of rotatable bonds is 6. The van der Waals surface area contributed by atoms with Gasteiger partial charge < -0.3 is 20.2 Å². The summed E-state index contributed by atoms with van der Waals surface area (Å²) in [5.41, 5.74) is -0.499. The van der Waals surface area contributed by atoms with Crippen molar-refractivity contribution < 1.29 is 14.7 Å². The van der Waals surface area contributed by atoms with Crippen LogP contribution >= 0.6 is 0 Å². The van der Waals surface area contributed by atoms with Crippen LogP contribution in [0, 0.1) is 0 Å². The molecule has 1 rings (SSSR count). The first kappa shape index (κ1) is 16.8. The molecule has 1 aliphatic rings. The topological polar surface area (TPSA) is 72.9 Å². The maximum absolute atomic E-state index is 12.3. The van der Waals surface area contributed by atoms with Gasteiger partial charge in [0, 0.05) is 31.1 Å². The van der Waals surface area contributed by atoms with E-state index in [9.17, 15) is 9.59 Å². The predicted octanol–water partition coefficient (Wildman–Crippen LogP) is 1.37. The molecule has 1 fully saturated rings. The minimum Gasteiger partial charge on any atom is -0.481 e. The summed E-state index contributed by atoms with van der Waals surface area (Å²) in [4.78, 5) is 26.9. The van der Waals surface area contributed by atoms with Gasteiger partial charge in [0.25, 0.3) is 0 Å². The summed E-state index contributed by atoms with van der Waals surface area (Å²) in [6.07, 6.45) is 2.55. The van der Waals surface area contributed by atoms with Gasteiger partial charge in [-0.25, -0.2) is 4.79 Å². The van der Waals surface area contributed by atoms with Crippen LogP contribution in [0.4, 0.5) is 4.79 Å². The number of urea groups is 1. The fourth-order valence-corrected chi connectivity index (χ4v) is 2.56. The number of aliphatic carboxylic acids is 1. The molecule has 1 saturated heterocycles. The second-order valence-corrected chi connectivity index (χ2v) is 6.46. The van der Waals surface area contributed by atoms with Gasteiger partial charge >= 0.3 is 12.0 Å². The molecule has 0 saturated carbocycles. The van der Waals surface area contributed by atoms with E-state index in [1.165, 1.54) is 0 Å². The van der Waals surface area contributed by atoms with E-state index in [1.807, 2.05) is 32.8 Å². The summed E-state index contributed by atoms with van der Waals surface area (Å²) in [6, 6.07) is 0.171. The van der Waals surface area contributed by atoms with Crippen LogP contribution in [-0.2, 0) is 4.79 Å². The lowest BCUT2D eigenvalue weighted by Gasteiger charge is -2.32. The zero-order valence-electron chi connectivity index (χ0n) is 13.0. The Morgan fingerprint density at radius 2 is 2.05 bits per heavy atom. The minimum atomic E-state index is -0.834. The van der Waals surface area contributed by atoms with Crippen molar-refractivity contribution in [3.63, 3.8) is 0 Å². The number of likely N-dealkylation sites (tertiary alicyclic amines) is 1. The highest BCUT2D eigenvalue weighted by Crippen LogP contribution is 2.19. The number of hydrogen-bond acceptors (Lipinski definition) is 3. The molecule has 2 N–H and O–H groups in total. The molecule has 0 aliphatic carbocycles. The first-order valence-corrected chi connectivity index (χ1v) is 7.16. The van der Waals surface area contributed by atoms with Crippen molar-refractivity contribution >= 4 is 12.0 Å². The van der Waals surface area contributed by atoms with Crippen LogP contribution in [-0.4, -0.2) is 65.7 Å². The van der Waals surface area contributed by atoms with Crippen molar-refractivity contribution in [2.45, 2.75) is 51.1 Å². The largest absolute Gasteiger partial charge is 0.481 e. The second-order valence-electron chi connectivity index (χ2n) is 6.46. The molecule has 0 aromatic heterocycles. The first-order valence-electron chi connectivity index (χ1n) is 7.16. The average Bonchev–Trinajstić information content (AvgIpc) is 2.73. The van der Waals surface area contributed by atoms with Gasteiger partial charge in [-0.05, 0) is 47.2 Å². The van der Waals surface area contributed by atoms with E-state index in [0.717, 1.165) is 25.9 Å². The smallest absolute Gasteiger partial charge is 0.318 e. The molecule has 2 amide bonds. The van der Waals surface area contributed by atoms with Gasteiger partial charge in [0.2, 0.25) is 0 Å².